The second kappa shape index (κ2) is 8.24. The van der Waals surface area contributed by atoms with Crippen molar-refractivity contribution in [1.29, 1.82) is 0 Å². The minimum atomic E-state index is -3.53. The van der Waals surface area contributed by atoms with Crippen molar-refractivity contribution < 1.29 is 13.2 Å². The van der Waals surface area contributed by atoms with E-state index < -0.39 is 10.0 Å². The minimum absolute atomic E-state index is 0.151. The molecule has 0 fully saturated rings. The fraction of sp³-hybridized carbons (Fsp3) is 0.316. The molecule has 2 rings (SSSR count). The quantitative estimate of drug-likeness (QED) is 0.763. The molecule has 0 heterocycles. The standard InChI is InChI=1S/C19H24N2O3S2/c1-13-9-14(2)19(15(3)10-13)25-12-18(22)20-16-7-6-8-17(11-16)26(23,24)21(4)5/h6-11H,12H2,1-5H3,(H,20,22). The van der Waals surface area contributed by atoms with E-state index in [9.17, 15) is 13.2 Å². The number of sulfonamides is 1. The maximum Gasteiger partial charge on any atom is 0.242 e. The zero-order valence-corrected chi connectivity index (χ0v) is 17.3. The summed E-state index contributed by atoms with van der Waals surface area (Å²) < 4.78 is 25.5. The second-order valence-corrected chi connectivity index (χ2v) is 9.52. The lowest BCUT2D eigenvalue weighted by molar-refractivity contribution is -0.113. The molecule has 140 valence electrons. The van der Waals surface area contributed by atoms with Gasteiger partial charge in [-0.25, -0.2) is 12.7 Å². The first-order chi connectivity index (χ1) is 12.1. The van der Waals surface area contributed by atoms with Crippen LogP contribution in [0.2, 0.25) is 0 Å². The summed E-state index contributed by atoms with van der Waals surface area (Å²) in [4.78, 5) is 13.5. The van der Waals surface area contributed by atoms with E-state index in [4.69, 9.17) is 0 Å². The topological polar surface area (TPSA) is 66.5 Å². The van der Waals surface area contributed by atoms with Gasteiger partial charge >= 0.3 is 0 Å². The Bertz CT molecular complexity index is 899. The molecule has 0 saturated heterocycles. The van der Waals surface area contributed by atoms with Gasteiger partial charge in [0.25, 0.3) is 0 Å². The van der Waals surface area contributed by atoms with Crippen molar-refractivity contribution >= 4 is 33.4 Å². The number of carbonyl (C=O) groups excluding carboxylic acids is 1. The largest absolute Gasteiger partial charge is 0.325 e. The third kappa shape index (κ3) is 4.87. The Morgan fingerprint density at radius 2 is 1.69 bits per heavy atom. The number of carbonyl (C=O) groups is 1. The van der Waals surface area contributed by atoms with E-state index in [1.54, 1.807) is 12.1 Å². The molecule has 0 bridgehead atoms. The lowest BCUT2D eigenvalue weighted by Crippen LogP contribution is -2.22. The van der Waals surface area contributed by atoms with Gasteiger partial charge in [0.1, 0.15) is 0 Å². The lowest BCUT2D eigenvalue weighted by Gasteiger charge is -2.13. The summed E-state index contributed by atoms with van der Waals surface area (Å²) >= 11 is 1.49. The summed E-state index contributed by atoms with van der Waals surface area (Å²) in [5, 5.41) is 2.77. The van der Waals surface area contributed by atoms with Gasteiger partial charge in [-0.15, -0.1) is 11.8 Å². The maximum absolute atomic E-state index is 12.3. The minimum Gasteiger partial charge on any atom is -0.325 e. The van der Waals surface area contributed by atoms with Gasteiger partial charge in [0, 0.05) is 24.7 Å². The monoisotopic (exact) mass is 392 g/mol. The van der Waals surface area contributed by atoms with Crippen LogP contribution in [0.25, 0.3) is 0 Å². The van der Waals surface area contributed by atoms with Crippen LogP contribution in [0.5, 0.6) is 0 Å². The normalized spacial score (nSPS) is 11.6. The first-order valence-corrected chi connectivity index (χ1v) is 10.6. The van der Waals surface area contributed by atoms with E-state index >= 15 is 0 Å². The van der Waals surface area contributed by atoms with Crippen LogP contribution in [0, 0.1) is 20.8 Å². The van der Waals surface area contributed by atoms with Crippen LogP contribution in [0.3, 0.4) is 0 Å². The van der Waals surface area contributed by atoms with Crippen LogP contribution in [0.15, 0.2) is 46.2 Å². The fourth-order valence-electron chi connectivity index (χ4n) is 2.67. The van der Waals surface area contributed by atoms with Gasteiger partial charge in [-0.3, -0.25) is 4.79 Å². The molecule has 0 unspecified atom stereocenters. The Morgan fingerprint density at radius 3 is 2.27 bits per heavy atom. The Hall–Kier alpha value is -1.83. The number of thioether (sulfide) groups is 1. The number of hydrogen-bond donors (Lipinski definition) is 1. The molecule has 0 atom stereocenters. The van der Waals surface area contributed by atoms with E-state index in [0.29, 0.717) is 5.69 Å². The molecule has 0 aromatic heterocycles. The summed E-state index contributed by atoms with van der Waals surface area (Å²) in [6, 6.07) is 10.5. The number of aryl methyl sites for hydroxylation is 3. The summed E-state index contributed by atoms with van der Waals surface area (Å²) in [6.45, 7) is 6.13. The highest BCUT2D eigenvalue weighted by Crippen LogP contribution is 2.27. The average molecular weight is 393 g/mol. The molecular formula is C19H24N2O3S2. The molecule has 0 aliphatic carbocycles. The van der Waals surface area contributed by atoms with Crippen LogP contribution >= 0.6 is 11.8 Å². The van der Waals surface area contributed by atoms with Crippen molar-refractivity contribution in [3.8, 4) is 0 Å². The summed E-state index contributed by atoms with van der Waals surface area (Å²) in [6.07, 6.45) is 0. The third-order valence-corrected chi connectivity index (χ3v) is 7.00. The van der Waals surface area contributed by atoms with Crippen molar-refractivity contribution in [2.45, 2.75) is 30.6 Å². The van der Waals surface area contributed by atoms with Crippen LogP contribution in [0.1, 0.15) is 16.7 Å². The van der Waals surface area contributed by atoms with Gasteiger partial charge in [-0.05, 0) is 50.1 Å². The summed E-state index contributed by atoms with van der Waals surface area (Å²) in [7, 11) is -0.578. The highest BCUT2D eigenvalue weighted by Gasteiger charge is 2.17. The van der Waals surface area contributed by atoms with E-state index in [1.807, 2.05) is 13.8 Å². The van der Waals surface area contributed by atoms with Gasteiger partial charge in [-0.1, -0.05) is 23.8 Å². The predicted molar refractivity (Wildman–Crippen MR) is 107 cm³/mol. The molecular weight excluding hydrogens is 368 g/mol. The van der Waals surface area contributed by atoms with Crippen LogP contribution in [-0.4, -0.2) is 38.5 Å². The van der Waals surface area contributed by atoms with E-state index in [-0.39, 0.29) is 16.6 Å². The molecule has 26 heavy (non-hydrogen) atoms. The molecule has 0 aliphatic rings. The number of benzene rings is 2. The number of anilines is 1. The molecule has 0 spiro atoms. The van der Waals surface area contributed by atoms with Gasteiger partial charge in [0.05, 0.1) is 10.6 Å². The second-order valence-electron chi connectivity index (χ2n) is 6.38. The summed E-state index contributed by atoms with van der Waals surface area (Å²) in [5.74, 6) is 0.0869. The third-order valence-electron chi connectivity index (χ3n) is 3.85. The molecule has 2 aromatic carbocycles. The predicted octanol–water partition coefficient (Wildman–Crippen LogP) is 3.59. The van der Waals surface area contributed by atoms with Crippen molar-refractivity contribution in [3.05, 3.63) is 53.1 Å². The zero-order valence-electron chi connectivity index (χ0n) is 15.7. The lowest BCUT2D eigenvalue weighted by atomic mass is 10.1. The van der Waals surface area contributed by atoms with Gasteiger partial charge in [0.2, 0.25) is 15.9 Å². The number of hydrogen-bond acceptors (Lipinski definition) is 4. The summed E-state index contributed by atoms with van der Waals surface area (Å²) in [5.41, 5.74) is 3.97. The molecule has 2 aromatic rings. The van der Waals surface area contributed by atoms with Crippen LogP contribution < -0.4 is 5.32 Å². The molecule has 7 heteroatoms. The number of nitrogens with zero attached hydrogens (tertiary/aromatic N) is 1. The Morgan fingerprint density at radius 1 is 1.08 bits per heavy atom. The molecule has 1 N–H and O–H groups in total. The Balaban J connectivity index is 2.08. The van der Waals surface area contributed by atoms with Crippen LogP contribution in [0.4, 0.5) is 5.69 Å². The number of amides is 1. The van der Waals surface area contributed by atoms with E-state index in [1.165, 1.54) is 43.6 Å². The van der Waals surface area contributed by atoms with Crippen molar-refractivity contribution in [1.82, 2.24) is 4.31 Å². The number of nitrogens with one attached hydrogen (secondary N) is 1. The Labute approximate surface area is 159 Å². The maximum atomic E-state index is 12.3. The molecule has 5 nitrogen and oxygen atoms in total. The highest BCUT2D eigenvalue weighted by molar-refractivity contribution is 8.00. The van der Waals surface area contributed by atoms with E-state index in [0.717, 1.165) is 20.3 Å². The highest BCUT2D eigenvalue weighted by atomic mass is 32.2. The average Bonchev–Trinajstić information content (AvgIpc) is 2.53. The molecule has 0 saturated carbocycles. The van der Waals surface area contributed by atoms with Gasteiger partial charge in [0.15, 0.2) is 0 Å². The first-order valence-electron chi connectivity index (χ1n) is 8.14. The molecule has 1 amide bonds. The van der Waals surface area contributed by atoms with E-state index in [2.05, 4.69) is 24.4 Å². The van der Waals surface area contributed by atoms with Crippen molar-refractivity contribution in [3.63, 3.8) is 0 Å². The molecule has 0 aliphatic heterocycles. The zero-order chi connectivity index (χ0) is 19.5. The van der Waals surface area contributed by atoms with Crippen LogP contribution in [-0.2, 0) is 14.8 Å². The molecule has 0 radical (unpaired) electrons. The van der Waals surface area contributed by atoms with Gasteiger partial charge < -0.3 is 5.32 Å². The Kier molecular flexibility index (Phi) is 6.49. The SMILES string of the molecule is Cc1cc(C)c(SCC(=O)Nc2cccc(S(=O)(=O)N(C)C)c2)c(C)c1. The fourth-order valence-corrected chi connectivity index (χ4v) is 4.54. The number of rotatable bonds is 6. The van der Waals surface area contributed by atoms with Gasteiger partial charge in [-0.2, -0.15) is 0 Å². The van der Waals surface area contributed by atoms with Crippen molar-refractivity contribution in [2.75, 3.05) is 25.2 Å². The first kappa shape index (κ1) is 20.5. The van der Waals surface area contributed by atoms with Crippen molar-refractivity contribution in [2.24, 2.45) is 0 Å². The smallest absolute Gasteiger partial charge is 0.242 e.